The van der Waals surface area contributed by atoms with Crippen LogP contribution in [0.5, 0.6) is 0 Å². The molecule has 1 unspecified atom stereocenters. The molecule has 0 saturated carbocycles. The van der Waals surface area contributed by atoms with Crippen molar-refractivity contribution in [3.63, 3.8) is 0 Å². The largest absolute Gasteiger partial charge is 0.369 e. The molecule has 0 radical (unpaired) electrons. The molecule has 8 heteroatoms. The molecule has 0 aromatic carbocycles. The minimum Gasteiger partial charge on any atom is -0.369 e. The maximum atomic E-state index is 11.0. The number of nitrogens with one attached hydrogen (secondary N) is 2. The van der Waals surface area contributed by atoms with Crippen LogP contribution in [0, 0.1) is 0 Å². The van der Waals surface area contributed by atoms with E-state index in [0.29, 0.717) is 18.5 Å². The average molecular weight is 479 g/mol. The molecule has 1 amide bonds. The van der Waals surface area contributed by atoms with Crippen molar-refractivity contribution in [2.24, 2.45) is 10.7 Å². The summed E-state index contributed by atoms with van der Waals surface area (Å²) in [7, 11) is 0. The van der Waals surface area contributed by atoms with Gasteiger partial charge in [-0.05, 0) is 31.2 Å². The fourth-order valence-corrected chi connectivity index (χ4v) is 3.64. The first-order valence-electron chi connectivity index (χ1n) is 8.67. The van der Waals surface area contributed by atoms with E-state index in [4.69, 9.17) is 10.7 Å². The quantitative estimate of drug-likeness (QED) is 0.317. The van der Waals surface area contributed by atoms with Gasteiger partial charge in [0.1, 0.15) is 0 Å². The summed E-state index contributed by atoms with van der Waals surface area (Å²) in [6, 6.07) is 4.65. The van der Waals surface area contributed by atoms with E-state index in [9.17, 15) is 4.79 Å². The Kier molecular flexibility index (Phi) is 10.4. The molecule has 0 spiro atoms. The van der Waals surface area contributed by atoms with Gasteiger partial charge in [0.2, 0.25) is 5.91 Å². The van der Waals surface area contributed by atoms with Gasteiger partial charge in [-0.15, -0.1) is 35.3 Å². The lowest BCUT2D eigenvalue weighted by Crippen LogP contribution is -2.49. The van der Waals surface area contributed by atoms with Crippen molar-refractivity contribution in [3.8, 4) is 0 Å². The number of amides is 1. The zero-order valence-corrected chi connectivity index (χ0v) is 18.2. The SMILES string of the molecule is CCNC(=NCC(C)c1cccs1)NC1CCN(CC(N)=O)CC1.I. The van der Waals surface area contributed by atoms with Crippen molar-refractivity contribution in [3.05, 3.63) is 22.4 Å². The summed E-state index contributed by atoms with van der Waals surface area (Å²) in [5.41, 5.74) is 5.26. The zero-order chi connectivity index (χ0) is 17.4. The molecule has 1 aliphatic rings. The van der Waals surface area contributed by atoms with Crippen LogP contribution in [0.4, 0.5) is 0 Å². The van der Waals surface area contributed by atoms with E-state index < -0.39 is 0 Å². The minimum absolute atomic E-state index is 0. The Labute approximate surface area is 171 Å². The number of hydrogen-bond donors (Lipinski definition) is 3. The Morgan fingerprint density at radius 1 is 1.48 bits per heavy atom. The molecule has 0 bridgehead atoms. The molecule has 1 saturated heterocycles. The monoisotopic (exact) mass is 479 g/mol. The third kappa shape index (κ3) is 7.91. The van der Waals surface area contributed by atoms with Crippen molar-refractivity contribution < 1.29 is 4.79 Å². The van der Waals surface area contributed by atoms with Gasteiger partial charge in [0.25, 0.3) is 0 Å². The molecular formula is C17H30IN5OS. The van der Waals surface area contributed by atoms with Crippen LogP contribution in [0.25, 0.3) is 0 Å². The van der Waals surface area contributed by atoms with E-state index in [1.54, 1.807) is 11.3 Å². The Morgan fingerprint density at radius 3 is 2.76 bits per heavy atom. The third-order valence-electron chi connectivity index (χ3n) is 4.20. The summed E-state index contributed by atoms with van der Waals surface area (Å²) >= 11 is 1.78. The highest BCUT2D eigenvalue weighted by molar-refractivity contribution is 14.0. The number of primary amides is 1. The Balaban J connectivity index is 0.00000312. The molecule has 1 atom stereocenters. The summed E-state index contributed by atoms with van der Waals surface area (Å²) in [5.74, 6) is 1.06. The second-order valence-electron chi connectivity index (χ2n) is 6.30. The van der Waals surface area contributed by atoms with Crippen molar-refractivity contribution in [1.29, 1.82) is 0 Å². The number of piperidine rings is 1. The molecule has 2 rings (SSSR count). The number of nitrogens with zero attached hydrogens (tertiary/aromatic N) is 2. The number of thiophene rings is 1. The van der Waals surface area contributed by atoms with E-state index in [1.807, 2.05) is 0 Å². The highest BCUT2D eigenvalue weighted by Crippen LogP contribution is 2.20. The molecule has 1 fully saturated rings. The molecule has 1 aliphatic heterocycles. The summed E-state index contributed by atoms with van der Waals surface area (Å²) in [5, 5.41) is 8.97. The number of carbonyl (C=O) groups excluding carboxylic acids is 1. The highest BCUT2D eigenvalue weighted by atomic mass is 127. The molecule has 1 aromatic heterocycles. The van der Waals surface area contributed by atoms with E-state index in [1.165, 1.54) is 4.88 Å². The van der Waals surface area contributed by atoms with Gasteiger partial charge < -0.3 is 16.4 Å². The van der Waals surface area contributed by atoms with Crippen LogP contribution in [-0.4, -0.2) is 55.5 Å². The van der Waals surface area contributed by atoms with E-state index in [0.717, 1.165) is 45.0 Å². The maximum absolute atomic E-state index is 11.0. The Hall–Kier alpha value is -0.870. The second-order valence-corrected chi connectivity index (χ2v) is 7.28. The van der Waals surface area contributed by atoms with Crippen LogP contribution in [0.3, 0.4) is 0 Å². The number of hydrogen-bond acceptors (Lipinski definition) is 4. The number of carbonyl (C=O) groups is 1. The molecule has 6 nitrogen and oxygen atoms in total. The first kappa shape index (κ1) is 22.2. The predicted octanol–water partition coefficient (Wildman–Crippen LogP) is 1.97. The normalized spacial score (nSPS) is 17.6. The van der Waals surface area contributed by atoms with Gasteiger partial charge in [-0.25, -0.2) is 0 Å². The first-order chi connectivity index (χ1) is 11.6. The molecule has 2 heterocycles. The lowest BCUT2D eigenvalue weighted by atomic mass is 10.1. The summed E-state index contributed by atoms with van der Waals surface area (Å²) in [6.45, 7) is 8.06. The smallest absolute Gasteiger partial charge is 0.231 e. The Bertz CT molecular complexity index is 529. The summed E-state index contributed by atoms with van der Waals surface area (Å²) in [4.78, 5) is 19.2. The standard InChI is InChI=1S/C17H29N5OS.HI/c1-3-19-17(20-11-13(2)15-5-4-10-24-15)21-14-6-8-22(9-7-14)12-16(18)23;/h4-5,10,13-14H,3,6-9,11-12H2,1-2H3,(H2,18,23)(H2,19,20,21);1H. The van der Waals surface area contributed by atoms with Crippen LogP contribution in [0.15, 0.2) is 22.5 Å². The molecule has 142 valence electrons. The van der Waals surface area contributed by atoms with Crippen LogP contribution in [-0.2, 0) is 4.79 Å². The number of rotatable bonds is 7. The van der Waals surface area contributed by atoms with Crippen molar-refractivity contribution >= 4 is 47.2 Å². The lowest BCUT2D eigenvalue weighted by molar-refractivity contribution is -0.119. The fourth-order valence-electron chi connectivity index (χ4n) is 2.86. The molecule has 0 aliphatic carbocycles. The van der Waals surface area contributed by atoms with Crippen LogP contribution in [0.1, 0.15) is 37.5 Å². The number of guanidine groups is 1. The molecular weight excluding hydrogens is 449 g/mol. The van der Waals surface area contributed by atoms with Gasteiger partial charge in [-0.3, -0.25) is 14.7 Å². The molecule has 4 N–H and O–H groups in total. The van der Waals surface area contributed by atoms with E-state index in [-0.39, 0.29) is 29.9 Å². The van der Waals surface area contributed by atoms with Gasteiger partial charge in [0.15, 0.2) is 5.96 Å². The predicted molar refractivity (Wildman–Crippen MR) is 116 cm³/mol. The van der Waals surface area contributed by atoms with Crippen LogP contribution < -0.4 is 16.4 Å². The van der Waals surface area contributed by atoms with E-state index >= 15 is 0 Å². The number of halogens is 1. The van der Waals surface area contributed by atoms with E-state index in [2.05, 4.69) is 46.9 Å². The van der Waals surface area contributed by atoms with Crippen LogP contribution in [0.2, 0.25) is 0 Å². The highest BCUT2D eigenvalue weighted by Gasteiger charge is 2.20. The topological polar surface area (TPSA) is 82.8 Å². The van der Waals surface area contributed by atoms with Gasteiger partial charge in [-0.2, -0.15) is 0 Å². The minimum atomic E-state index is -0.251. The lowest BCUT2D eigenvalue weighted by Gasteiger charge is -2.32. The summed E-state index contributed by atoms with van der Waals surface area (Å²) < 4.78 is 0. The zero-order valence-electron chi connectivity index (χ0n) is 15.0. The second kappa shape index (κ2) is 11.7. The van der Waals surface area contributed by atoms with Gasteiger partial charge >= 0.3 is 0 Å². The third-order valence-corrected chi connectivity index (χ3v) is 5.31. The Morgan fingerprint density at radius 2 is 2.20 bits per heavy atom. The number of nitrogens with two attached hydrogens (primary N) is 1. The van der Waals surface area contributed by atoms with Crippen molar-refractivity contribution in [2.45, 2.75) is 38.6 Å². The van der Waals surface area contributed by atoms with Crippen molar-refractivity contribution in [1.82, 2.24) is 15.5 Å². The number of likely N-dealkylation sites (tertiary alicyclic amines) is 1. The molecule has 1 aromatic rings. The molecule has 25 heavy (non-hydrogen) atoms. The first-order valence-corrected chi connectivity index (χ1v) is 9.55. The van der Waals surface area contributed by atoms with Crippen LogP contribution >= 0.6 is 35.3 Å². The van der Waals surface area contributed by atoms with Gasteiger partial charge in [0, 0.05) is 36.5 Å². The fraction of sp³-hybridized carbons (Fsp3) is 0.647. The maximum Gasteiger partial charge on any atom is 0.231 e. The van der Waals surface area contributed by atoms with Crippen molar-refractivity contribution in [2.75, 3.05) is 32.7 Å². The van der Waals surface area contributed by atoms with Gasteiger partial charge in [0.05, 0.1) is 13.1 Å². The number of aliphatic imine (C=N–C) groups is 1. The summed E-state index contributed by atoms with van der Waals surface area (Å²) in [6.07, 6.45) is 2.00. The van der Waals surface area contributed by atoms with Gasteiger partial charge in [-0.1, -0.05) is 13.0 Å². The average Bonchev–Trinajstić information content (AvgIpc) is 3.08.